The van der Waals surface area contributed by atoms with Crippen molar-refractivity contribution >= 4 is 10.0 Å². The Morgan fingerprint density at radius 2 is 1.74 bits per heavy atom. The van der Waals surface area contributed by atoms with Gasteiger partial charge in [0, 0.05) is 19.6 Å². The summed E-state index contributed by atoms with van der Waals surface area (Å²) in [6.45, 7) is 8.64. The lowest BCUT2D eigenvalue weighted by molar-refractivity contribution is 0.427. The molecular weight excluding hydrogens is 260 g/mol. The zero-order chi connectivity index (χ0) is 14.3. The Morgan fingerprint density at radius 3 is 2.21 bits per heavy atom. The first-order valence-corrected chi connectivity index (χ1v) is 8.30. The Morgan fingerprint density at radius 1 is 1.11 bits per heavy atom. The van der Waals surface area contributed by atoms with Crippen molar-refractivity contribution in [3.63, 3.8) is 0 Å². The third-order valence-electron chi connectivity index (χ3n) is 2.97. The van der Waals surface area contributed by atoms with Gasteiger partial charge < -0.3 is 5.32 Å². The first kappa shape index (κ1) is 16.1. The molecular formula is C14H24N2O2S. The van der Waals surface area contributed by atoms with Crippen LogP contribution in [0, 0.1) is 0 Å². The molecule has 0 atom stereocenters. The van der Waals surface area contributed by atoms with Crippen LogP contribution in [0.1, 0.15) is 32.8 Å². The second-order valence-electron chi connectivity index (χ2n) is 4.42. The summed E-state index contributed by atoms with van der Waals surface area (Å²) in [6, 6.07) is 7.13. The smallest absolute Gasteiger partial charge is 0.243 e. The van der Waals surface area contributed by atoms with Gasteiger partial charge in [-0.3, -0.25) is 0 Å². The fourth-order valence-corrected chi connectivity index (χ4v) is 3.44. The third kappa shape index (κ3) is 4.30. The Bertz CT molecular complexity index is 469. The largest absolute Gasteiger partial charge is 0.313 e. The van der Waals surface area contributed by atoms with Gasteiger partial charge in [-0.25, -0.2) is 8.42 Å². The molecule has 0 aromatic heterocycles. The summed E-state index contributed by atoms with van der Waals surface area (Å²) in [6.07, 6.45) is 0.825. The Kier molecular flexibility index (Phi) is 6.48. The highest BCUT2D eigenvalue weighted by molar-refractivity contribution is 7.89. The average molecular weight is 284 g/mol. The van der Waals surface area contributed by atoms with Crippen LogP contribution >= 0.6 is 0 Å². The lowest BCUT2D eigenvalue weighted by Crippen LogP contribution is -2.31. The zero-order valence-corrected chi connectivity index (χ0v) is 12.8. The van der Waals surface area contributed by atoms with Crippen LogP contribution in [-0.2, 0) is 16.6 Å². The van der Waals surface area contributed by atoms with Gasteiger partial charge >= 0.3 is 0 Å². The van der Waals surface area contributed by atoms with E-state index in [0.717, 1.165) is 25.1 Å². The van der Waals surface area contributed by atoms with E-state index in [-0.39, 0.29) is 0 Å². The molecule has 0 heterocycles. The molecule has 0 saturated carbocycles. The number of nitrogens with one attached hydrogen (secondary N) is 1. The van der Waals surface area contributed by atoms with E-state index in [1.54, 1.807) is 12.1 Å². The predicted octanol–water partition coefficient (Wildman–Crippen LogP) is 2.22. The number of sulfonamides is 1. The van der Waals surface area contributed by atoms with E-state index in [0.29, 0.717) is 18.0 Å². The van der Waals surface area contributed by atoms with E-state index >= 15 is 0 Å². The van der Waals surface area contributed by atoms with Gasteiger partial charge in [-0.05, 0) is 30.7 Å². The Labute approximate surface area is 116 Å². The van der Waals surface area contributed by atoms with Gasteiger partial charge in [0.1, 0.15) is 0 Å². The van der Waals surface area contributed by atoms with Crippen LogP contribution in [0.15, 0.2) is 29.2 Å². The summed E-state index contributed by atoms with van der Waals surface area (Å²) >= 11 is 0. The molecule has 0 spiro atoms. The van der Waals surface area contributed by atoms with Gasteiger partial charge in [-0.2, -0.15) is 4.31 Å². The van der Waals surface area contributed by atoms with Crippen molar-refractivity contribution in [3.05, 3.63) is 29.8 Å². The average Bonchev–Trinajstić information content (AvgIpc) is 2.42. The predicted molar refractivity (Wildman–Crippen MR) is 78.5 cm³/mol. The summed E-state index contributed by atoms with van der Waals surface area (Å²) in [5.41, 5.74) is 1.10. The van der Waals surface area contributed by atoms with Crippen molar-refractivity contribution in [1.29, 1.82) is 0 Å². The molecule has 0 bridgehead atoms. The van der Waals surface area contributed by atoms with Gasteiger partial charge in [-0.15, -0.1) is 0 Å². The monoisotopic (exact) mass is 284 g/mol. The summed E-state index contributed by atoms with van der Waals surface area (Å²) in [5.74, 6) is 0. The number of hydrogen-bond acceptors (Lipinski definition) is 3. The highest BCUT2D eigenvalue weighted by atomic mass is 32.2. The second-order valence-corrected chi connectivity index (χ2v) is 6.36. The van der Waals surface area contributed by atoms with Gasteiger partial charge in [0.2, 0.25) is 10.0 Å². The van der Waals surface area contributed by atoms with E-state index in [2.05, 4.69) is 5.32 Å². The van der Waals surface area contributed by atoms with Crippen LogP contribution in [0.4, 0.5) is 0 Å². The molecule has 0 fully saturated rings. The van der Waals surface area contributed by atoms with E-state index in [1.807, 2.05) is 32.9 Å². The van der Waals surface area contributed by atoms with Crippen molar-refractivity contribution < 1.29 is 8.42 Å². The van der Waals surface area contributed by atoms with E-state index in [9.17, 15) is 8.42 Å². The van der Waals surface area contributed by atoms with Gasteiger partial charge in [0.25, 0.3) is 0 Å². The van der Waals surface area contributed by atoms with Crippen molar-refractivity contribution in [1.82, 2.24) is 9.62 Å². The topological polar surface area (TPSA) is 49.4 Å². The summed E-state index contributed by atoms with van der Waals surface area (Å²) in [4.78, 5) is 0.378. The van der Waals surface area contributed by atoms with E-state index in [4.69, 9.17) is 0 Å². The molecule has 1 aromatic carbocycles. The first-order valence-electron chi connectivity index (χ1n) is 6.86. The van der Waals surface area contributed by atoms with Crippen molar-refractivity contribution in [2.45, 2.75) is 38.6 Å². The molecule has 0 unspecified atom stereocenters. The summed E-state index contributed by atoms with van der Waals surface area (Å²) < 4.78 is 26.3. The molecule has 1 aromatic rings. The third-order valence-corrected chi connectivity index (χ3v) is 4.95. The molecule has 0 aliphatic carbocycles. The van der Waals surface area contributed by atoms with E-state index in [1.165, 1.54) is 4.31 Å². The van der Waals surface area contributed by atoms with Crippen LogP contribution in [0.3, 0.4) is 0 Å². The minimum atomic E-state index is -3.34. The minimum absolute atomic E-state index is 0.378. The lowest BCUT2D eigenvalue weighted by atomic mass is 10.2. The normalized spacial score (nSPS) is 12.0. The number of nitrogens with zero attached hydrogens (tertiary/aromatic N) is 1. The molecule has 0 amide bonds. The molecule has 5 heteroatoms. The molecule has 0 aliphatic heterocycles. The summed E-state index contributed by atoms with van der Waals surface area (Å²) in [5, 5.41) is 3.22. The van der Waals surface area contributed by atoms with Crippen LogP contribution in [0.2, 0.25) is 0 Å². The second kappa shape index (κ2) is 7.62. The van der Waals surface area contributed by atoms with Crippen LogP contribution in [0.5, 0.6) is 0 Å². The molecule has 108 valence electrons. The maximum atomic E-state index is 12.4. The minimum Gasteiger partial charge on any atom is -0.313 e. The quantitative estimate of drug-likeness (QED) is 0.796. The molecule has 19 heavy (non-hydrogen) atoms. The maximum absolute atomic E-state index is 12.4. The van der Waals surface area contributed by atoms with Gasteiger partial charge in [0.15, 0.2) is 0 Å². The van der Waals surface area contributed by atoms with Gasteiger partial charge in [0.05, 0.1) is 4.90 Å². The number of hydrogen-bond donors (Lipinski definition) is 1. The lowest BCUT2D eigenvalue weighted by Gasteiger charge is -2.19. The van der Waals surface area contributed by atoms with Crippen LogP contribution in [-0.4, -0.2) is 32.4 Å². The first-order chi connectivity index (χ1) is 9.06. The van der Waals surface area contributed by atoms with Gasteiger partial charge in [-0.1, -0.05) is 32.9 Å². The Hall–Kier alpha value is -0.910. The van der Waals surface area contributed by atoms with Crippen molar-refractivity contribution in [2.75, 3.05) is 19.6 Å². The van der Waals surface area contributed by atoms with E-state index < -0.39 is 10.0 Å². The molecule has 0 radical (unpaired) electrons. The maximum Gasteiger partial charge on any atom is 0.243 e. The standard InChI is InChI=1S/C14H24N2O2S/c1-4-11-16(6-3)19(17,18)14-9-7-13(8-10-14)12-15-5-2/h7-10,15H,4-6,11-12H2,1-3H3. The fourth-order valence-electron chi connectivity index (χ4n) is 1.90. The highest BCUT2D eigenvalue weighted by Gasteiger charge is 2.21. The van der Waals surface area contributed by atoms with Crippen molar-refractivity contribution in [3.8, 4) is 0 Å². The van der Waals surface area contributed by atoms with Crippen LogP contribution in [0.25, 0.3) is 0 Å². The number of benzene rings is 1. The number of rotatable bonds is 8. The molecule has 0 aliphatic rings. The SMILES string of the molecule is CCCN(CC)S(=O)(=O)c1ccc(CNCC)cc1. The van der Waals surface area contributed by atoms with Crippen LogP contribution < -0.4 is 5.32 Å². The highest BCUT2D eigenvalue weighted by Crippen LogP contribution is 2.16. The van der Waals surface area contributed by atoms with Crippen molar-refractivity contribution in [2.24, 2.45) is 0 Å². The molecule has 1 rings (SSSR count). The molecule has 0 saturated heterocycles. The Balaban J connectivity index is 2.89. The zero-order valence-electron chi connectivity index (χ0n) is 12.0. The summed E-state index contributed by atoms with van der Waals surface area (Å²) in [7, 11) is -3.34. The molecule has 1 N–H and O–H groups in total. The fraction of sp³-hybridized carbons (Fsp3) is 0.571. The molecule has 4 nitrogen and oxygen atoms in total.